The fourth-order valence-corrected chi connectivity index (χ4v) is 3.94. The maximum atomic E-state index is 12.6. The SMILES string of the molecule is CCCOc1ccc(-c2cccc(NS(=O)(=O)c3ccccc3Cl)c2)nn1. The number of nitrogens with one attached hydrogen (secondary N) is 1. The van der Waals surface area contributed by atoms with E-state index in [-0.39, 0.29) is 9.92 Å². The number of hydrogen-bond donors (Lipinski definition) is 1. The van der Waals surface area contributed by atoms with Crippen LogP contribution in [0, 0.1) is 0 Å². The van der Waals surface area contributed by atoms with Crippen LogP contribution in [-0.2, 0) is 10.0 Å². The lowest BCUT2D eigenvalue weighted by atomic mass is 10.1. The van der Waals surface area contributed by atoms with Gasteiger partial charge in [0.2, 0.25) is 5.88 Å². The summed E-state index contributed by atoms with van der Waals surface area (Å²) in [6.07, 6.45) is 0.886. The van der Waals surface area contributed by atoms with Gasteiger partial charge in [0.05, 0.1) is 17.3 Å². The van der Waals surface area contributed by atoms with Crippen molar-refractivity contribution in [1.82, 2.24) is 10.2 Å². The third-order valence-corrected chi connectivity index (χ3v) is 5.51. The second-order valence-corrected chi connectivity index (χ2v) is 7.78. The van der Waals surface area contributed by atoms with Crippen LogP contribution in [0.3, 0.4) is 0 Å². The molecule has 0 spiro atoms. The summed E-state index contributed by atoms with van der Waals surface area (Å²) >= 11 is 6.00. The minimum atomic E-state index is -3.80. The predicted molar refractivity (Wildman–Crippen MR) is 106 cm³/mol. The van der Waals surface area contributed by atoms with Crippen LogP contribution in [0.1, 0.15) is 13.3 Å². The van der Waals surface area contributed by atoms with E-state index in [9.17, 15) is 8.42 Å². The number of benzene rings is 2. The van der Waals surface area contributed by atoms with Gasteiger partial charge in [0.15, 0.2) is 0 Å². The molecule has 0 aliphatic carbocycles. The molecule has 0 aliphatic heterocycles. The molecule has 6 nitrogen and oxygen atoms in total. The predicted octanol–water partition coefficient (Wildman–Crippen LogP) is 4.39. The molecule has 0 aliphatic rings. The van der Waals surface area contributed by atoms with Crippen molar-refractivity contribution in [3.63, 3.8) is 0 Å². The van der Waals surface area contributed by atoms with E-state index in [1.165, 1.54) is 12.1 Å². The molecular weight excluding hydrogens is 386 g/mol. The molecule has 0 unspecified atom stereocenters. The van der Waals surface area contributed by atoms with E-state index >= 15 is 0 Å². The minimum absolute atomic E-state index is 0.0225. The summed E-state index contributed by atoms with van der Waals surface area (Å²) in [5, 5.41) is 8.33. The first kappa shape index (κ1) is 19.1. The van der Waals surface area contributed by atoms with E-state index in [1.54, 1.807) is 42.5 Å². The van der Waals surface area contributed by atoms with Crippen molar-refractivity contribution < 1.29 is 13.2 Å². The second kappa shape index (κ2) is 8.37. The van der Waals surface area contributed by atoms with Gasteiger partial charge in [0, 0.05) is 17.3 Å². The first-order chi connectivity index (χ1) is 13.0. The van der Waals surface area contributed by atoms with Gasteiger partial charge in [-0.15, -0.1) is 10.2 Å². The Labute approximate surface area is 163 Å². The molecule has 2 aromatic carbocycles. The minimum Gasteiger partial charge on any atom is -0.477 e. The van der Waals surface area contributed by atoms with Crippen LogP contribution in [0.4, 0.5) is 5.69 Å². The Kier molecular flexibility index (Phi) is 5.93. The lowest BCUT2D eigenvalue weighted by molar-refractivity contribution is 0.302. The number of anilines is 1. The molecule has 27 heavy (non-hydrogen) atoms. The Morgan fingerprint density at radius 3 is 2.56 bits per heavy atom. The van der Waals surface area contributed by atoms with Crippen LogP contribution in [0.5, 0.6) is 5.88 Å². The number of rotatable bonds is 7. The molecule has 0 saturated heterocycles. The van der Waals surface area contributed by atoms with Gasteiger partial charge in [-0.05, 0) is 36.8 Å². The topological polar surface area (TPSA) is 81.2 Å². The van der Waals surface area contributed by atoms with Crippen molar-refractivity contribution in [3.05, 3.63) is 65.7 Å². The Balaban J connectivity index is 1.82. The average Bonchev–Trinajstić information content (AvgIpc) is 2.67. The molecule has 0 bridgehead atoms. The van der Waals surface area contributed by atoms with E-state index in [4.69, 9.17) is 16.3 Å². The van der Waals surface area contributed by atoms with Crippen molar-refractivity contribution in [2.75, 3.05) is 11.3 Å². The molecule has 3 aromatic rings. The highest BCUT2D eigenvalue weighted by Gasteiger charge is 2.17. The van der Waals surface area contributed by atoms with Crippen LogP contribution in [0.25, 0.3) is 11.3 Å². The molecule has 0 fully saturated rings. The summed E-state index contributed by atoms with van der Waals surface area (Å²) in [5.41, 5.74) is 1.74. The van der Waals surface area contributed by atoms with Gasteiger partial charge in [-0.25, -0.2) is 8.42 Å². The van der Waals surface area contributed by atoms with Crippen molar-refractivity contribution in [3.8, 4) is 17.1 Å². The molecule has 0 amide bonds. The number of hydrogen-bond acceptors (Lipinski definition) is 5. The summed E-state index contributed by atoms with van der Waals surface area (Å²) in [4.78, 5) is 0.0225. The van der Waals surface area contributed by atoms with Gasteiger partial charge in [-0.3, -0.25) is 4.72 Å². The summed E-state index contributed by atoms with van der Waals surface area (Å²) < 4.78 is 33.1. The maximum absolute atomic E-state index is 12.6. The molecule has 140 valence electrons. The summed E-state index contributed by atoms with van der Waals surface area (Å²) in [5.74, 6) is 0.455. The van der Waals surface area contributed by atoms with Gasteiger partial charge in [0.1, 0.15) is 4.90 Å². The summed E-state index contributed by atoms with van der Waals surface area (Å²) in [7, 11) is -3.80. The van der Waals surface area contributed by atoms with E-state index in [1.807, 2.05) is 13.0 Å². The normalized spacial score (nSPS) is 11.2. The number of sulfonamides is 1. The molecule has 8 heteroatoms. The molecule has 1 heterocycles. The van der Waals surface area contributed by atoms with Crippen molar-refractivity contribution in [2.45, 2.75) is 18.2 Å². The average molecular weight is 404 g/mol. The van der Waals surface area contributed by atoms with E-state index in [0.29, 0.717) is 23.9 Å². The van der Waals surface area contributed by atoms with E-state index < -0.39 is 10.0 Å². The molecule has 3 rings (SSSR count). The molecule has 1 aromatic heterocycles. The van der Waals surface area contributed by atoms with Crippen LogP contribution >= 0.6 is 11.6 Å². The Hall–Kier alpha value is -2.64. The number of aromatic nitrogens is 2. The molecular formula is C19H18ClN3O3S. The van der Waals surface area contributed by atoms with E-state index in [0.717, 1.165) is 12.0 Å². The Bertz CT molecular complexity index is 1020. The highest BCUT2D eigenvalue weighted by molar-refractivity contribution is 7.92. The van der Waals surface area contributed by atoms with Crippen LogP contribution in [0.2, 0.25) is 5.02 Å². The Morgan fingerprint density at radius 1 is 1.04 bits per heavy atom. The number of ether oxygens (including phenoxy) is 1. The van der Waals surface area contributed by atoms with Gasteiger partial charge >= 0.3 is 0 Å². The molecule has 0 atom stereocenters. The van der Waals surface area contributed by atoms with Gasteiger partial charge in [0.25, 0.3) is 10.0 Å². The zero-order valence-electron chi connectivity index (χ0n) is 14.6. The standard InChI is InChI=1S/C19H18ClN3O3S/c1-2-12-26-19-11-10-17(21-22-19)14-6-5-7-15(13-14)23-27(24,25)18-9-4-3-8-16(18)20/h3-11,13,23H,2,12H2,1H3. The van der Waals surface area contributed by atoms with Crippen molar-refractivity contribution >= 4 is 27.3 Å². The van der Waals surface area contributed by atoms with Crippen LogP contribution in [-0.4, -0.2) is 25.2 Å². The largest absolute Gasteiger partial charge is 0.477 e. The van der Waals surface area contributed by atoms with E-state index in [2.05, 4.69) is 14.9 Å². The van der Waals surface area contributed by atoms with Gasteiger partial charge < -0.3 is 4.74 Å². The lowest BCUT2D eigenvalue weighted by Crippen LogP contribution is -2.13. The molecule has 0 radical (unpaired) electrons. The molecule has 1 N–H and O–H groups in total. The quantitative estimate of drug-likeness (QED) is 0.632. The second-order valence-electron chi connectivity index (χ2n) is 5.72. The monoisotopic (exact) mass is 403 g/mol. The highest BCUT2D eigenvalue weighted by Crippen LogP contribution is 2.26. The summed E-state index contributed by atoms with van der Waals surface area (Å²) in [6, 6.07) is 16.7. The third-order valence-electron chi connectivity index (χ3n) is 3.63. The third kappa shape index (κ3) is 4.75. The smallest absolute Gasteiger partial charge is 0.263 e. The lowest BCUT2D eigenvalue weighted by Gasteiger charge is -2.10. The fraction of sp³-hybridized carbons (Fsp3) is 0.158. The Morgan fingerprint density at radius 2 is 1.85 bits per heavy atom. The maximum Gasteiger partial charge on any atom is 0.263 e. The van der Waals surface area contributed by atoms with Crippen molar-refractivity contribution in [2.24, 2.45) is 0 Å². The summed E-state index contributed by atoms with van der Waals surface area (Å²) in [6.45, 7) is 2.59. The van der Waals surface area contributed by atoms with Crippen LogP contribution < -0.4 is 9.46 Å². The first-order valence-corrected chi connectivity index (χ1v) is 10.2. The number of nitrogens with zero attached hydrogens (tertiary/aromatic N) is 2. The van der Waals surface area contributed by atoms with Gasteiger partial charge in [-0.2, -0.15) is 0 Å². The zero-order chi connectivity index (χ0) is 19.3. The van der Waals surface area contributed by atoms with Gasteiger partial charge in [-0.1, -0.05) is 42.8 Å². The first-order valence-electron chi connectivity index (χ1n) is 8.34. The highest BCUT2D eigenvalue weighted by atomic mass is 35.5. The number of halogens is 1. The fourth-order valence-electron chi connectivity index (χ4n) is 2.37. The molecule has 0 saturated carbocycles. The zero-order valence-corrected chi connectivity index (χ0v) is 16.2. The van der Waals surface area contributed by atoms with Crippen molar-refractivity contribution in [1.29, 1.82) is 0 Å². The van der Waals surface area contributed by atoms with Crippen LogP contribution in [0.15, 0.2) is 65.6 Å².